The summed E-state index contributed by atoms with van der Waals surface area (Å²) in [7, 11) is 1.43. The summed E-state index contributed by atoms with van der Waals surface area (Å²) < 4.78 is 4.90. The molecule has 0 heterocycles. The van der Waals surface area contributed by atoms with E-state index >= 15 is 0 Å². The van der Waals surface area contributed by atoms with E-state index in [1.165, 1.54) is 19.2 Å². The quantitative estimate of drug-likeness (QED) is 0.743. The van der Waals surface area contributed by atoms with E-state index in [1.807, 2.05) is 0 Å². The van der Waals surface area contributed by atoms with Crippen LogP contribution >= 0.6 is 11.6 Å². The Kier molecular flexibility index (Phi) is 3.33. The maximum Gasteiger partial charge on any atom is 0.180 e. The Hall–Kier alpha value is -1.26. The number of ether oxygens (including phenoxy) is 1. The van der Waals surface area contributed by atoms with Crippen LogP contribution in [0.2, 0.25) is 5.02 Å². The summed E-state index contributed by atoms with van der Waals surface area (Å²) in [4.78, 5) is 11.2. The first-order chi connectivity index (χ1) is 6.60. The molecule has 0 fully saturated rings. The fourth-order valence-electron chi connectivity index (χ4n) is 1.03. The Bertz CT molecular complexity index is 365. The molecule has 0 aromatic heterocycles. The third kappa shape index (κ3) is 1.97. The van der Waals surface area contributed by atoms with Gasteiger partial charge in [0.2, 0.25) is 0 Å². The normalized spacial score (nSPS) is 9.93. The molecule has 5 heteroatoms. The fraction of sp³-hybridized carbons (Fsp3) is 0.222. The third-order valence-corrected chi connectivity index (χ3v) is 2.05. The number of phenolic OH excluding ortho intramolecular Hbond substituents is 1. The first-order valence-electron chi connectivity index (χ1n) is 3.90. The van der Waals surface area contributed by atoms with E-state index < -0.39 is 0 Å². The number of rotatable bonds is 3. The van der Waals surface area contributed by atoms with Gasteiger partial charge in [-0.05, 0) is 6.07 Å². The van der Waals surface area contributed by atoms with Crippen molar-refractivity contribution >= 4 is 17.4 Å². The first-order valence-corrected chi connectivity index (χ1v) is 4.27. The molecule has 76 valence electrons. The summed E-state index contributed by atoms with van der Waals surface area (Å²) in [5.74, 6) is -0.218. The van der Waals surface area contributed by atoms with Crippen LogP contribution in [0, 0.1) is 0 Å². The first kappa shape index (κ1) is 10.8. The predicted molar refractivity (Wildman–Crippen MR) is 53.1 cm³/mol. The second-order valence-electron chi connectivity index (χ2n) is 2.63. The van der Waals surface area contributed by atoms with E-state index in [4.69, 9.17) is 22.1 Å². The molecule has 0 aliphatic heterocycles. The molecule has 0 saturated heterocycles. The van der Waals surface area contributed by atoms with Crippen LogP contribution in [0.1, 0.15) is 10.4 Å². The number of aromatic hydroxyl groups is 1. The highest BCUT2D eigenvalue weighted by Gasteiger charge is 2.13. The highest BCUT2D eigenvalue weighted by molar-refractivity contribution is 6.32. The molecule has 1 aromatic carbocycles. The van der Waals surface area contributed by atoms with Gasteiger partial charge in [0.15, 0.2) is 5.78 Å². The van der Waals surface area contributed by atoms with Gasteiger partial charge in [0.1, 0.15) is 11.5 Å². The SMILES string of the molecule is COc1cc(C(=O)CN)c(O)cc1Cl. The number of methoxy groups -OCH3 is 1. The van der Waals surface area contributed by atoms with Gasteiger partial charge in [-0.15, -0.1) is 0 Å². The molecule has 1 aromatic rings. The average molecular weight is 216 g/mol. The molecule has 0 aliphatic rings. The zero-order valence-electron chi connectivity index (χ0n) is 7.58. The number of hydrogen-bond acceptors (Lipinski definition) is 4. The van der Waals surface area contributed by atoms with E-state index in [-0.39, 0.29) is 28.7 Å². The van der Waals surface area contributed by atoms with E-state index in [1.54, 1.807) is 0 Å². The van der Waals surface area contributed by atoms with Crippen LogP contribution < -0.4 is 10.5 Å². The molecule has 4 nitrogen and oxygen atoms in total. The van der Waals surface area contributed by atoms with E-state index in [0.717, 1.165) is 0 Å². The van der Waals surface area contributed by atoms with Crippen molar-refractivity contribution in [2.45, 2.75) is 0 Å². The van der Waals surface area contributed by atoms with Crippen LogP contribution in [0.5, 0.6) is 11.5 Å². The van der Waals surface area contributed by atoms with Crippen LogP contribution in [0.4, 0.5) is 0 Å². The molecular weight excluding hydrogens is 206 g/mol. The lowest BCUT2D eigenvalue weighted by Gasteiger charge is -2.07. The Morgan fingerprint density at radius 2 is 2.29 bits per heavy atom. The number of Topliss-reactive ketones (excluding diaryl/α,β-unsaturated/α-hetero) is 1. The van der Waals surface area contributed by atoms with Crippen molar-refractivity contribution < 1.29 is 14.6 Å². The number of phenols is 1. The second-order valence-corrected chi connectivity index (χ2v) is 3.04. The van der Waals surface area contributed by atoms with Gasteiger partial charge in [-0.2, -0.15) is 0 Å². The van der Waals surface area contributed by atoms with Gasteiger partial charge in [0.05, 0.1) is 24.2 Å². The smallest absolute Gasteiger partial charge is 0.180 e. The van der Waals surface area contributed by atoms with Crippen molar-refractivity contribution in [2.24, 2.45) is 5.73 Å². The number of hydrogen-bond donors (Lipinski definition) is 2. The molecule has 0 spiro atoms. The number of halogens is 1. The third-order valence-electron chi connectivity index (χ3n) is 1.76. The Morgan fingerprint density at radius 1 is 1.64 bits per heavy atom. The summed E-state index contributed by atoms with van der Waals surface area (Å²) in [5, 5.41) is 9.65. The van der Waals surface area contributed by atoms with Crippen molar-refractivity contribution in [1.29, 1.82) is 0 Å². The van der Waals surface area contributed by atoms with E-state index in [0.29, 0.717) is 5.75 Å². The summed E-state index contributed by atoms with van der Waals surface area (Å²) in [6, 6.07) is 2.62. The molecule has 0 unspecified atom stereocenters. The molecule has 0 saturated carbocycles. The van der Waals surface area contributed by atoms with Crippen LogP contribution in [0.25, 0.3) is 0 Å². The van der Waals surface area contributed by atoms with Crippen LogP contribution in [0.3, 0.4) is 0 Å². The number of ketones is 1. The van der Waals surface area contributed by atoms with Crippen molar-refractivity contribution in [1.82, 2.24) is 0 Å². The Labute approximate surface area is 86.2 Å². The van der Waals surface area contributed by atoms with Gasteiger partial charge in [0, 0.05) is 6.07 Å². The van der Waals surface area contributed by atoms with Gasteiger partial charge in [-0.1, -0.05) is 11.6 Å². The molecule has 0 aliphatic carbocycles. The van der Waals surface area contributed by atoms with Crippen LogP contribution in [0.15, 0.2) is 12.1 Å². The molecule has 0 bridgehead atoms. The molecular formula is C9H10ClNO3. The average Bonchev–Trinajstić information content (AvgIpc) is 2.17. The van der Waals surface area contributed by atoms with Gasteiger partial charge in [0.25, 0.3) is 0 Å². The molecule has 0 amide bonds. The summed E-state index contributed by atoms with van der Waals surface area (Å²) >= 11 is 5.72. The van der Waals surface area contributed by atoms with Gasteiger partial charge < -0.3 is 15.6 Å². The lowest BCUT2D eigenvalue weighted by molar-refractivity contribution is 0.0998. The minimum absolute atomic E-state index is 0.119. The number of carbonyl (C=O) groups is 1. The monoisotopic (exact) mass is 215 g/mol. The number of nitrogens with two attached hydrogens (primary N) is 1. The highest BCUT2D eigenvalue weighted by Crippen LogP contribution is 2.31. The van der Waals surface area contributed by atoms with Gasteiger partial charge >= 0.3 is 0 Å². The number of carbonyl (C=O) groups excluding carboxylic acids is 1. The molecule has 0 atom stereocenters. The second kappa shape index (κ2) is 4.30. The zero-order chi connectivity index (χ0) is 10.7. The lowest BCUT2D eigenvalue weighted by Crippen LogP contribution is -2.13. The number of benzene rings is 1. The van der Waals surface area contributed by atoms with Crippen molar-refractivity contribution in [3.63, 3.8) is 0 Å². The van der Waals surface area contributed by atoms with Crippen molar-refractivity contribution in [2.75, 3.05) is 13.7 Å². The maximum absolute atomic E-state index is 11.2. The Morgan fingerprint density at radius 3 is 2.79 bits per heavy atom. The maximum atomic E-state index is 11.2. The summed E-state index contributed by atoms with van der Waals surface area (Å²) in [6.07, 6.45) is 0. The largest absolute Gasteiger partial charge is 0.507 e. The summed E-state index contributed by atoms with van der Waals surface area (Å²) in [5.41, 5.74) is 5.29. The minimum atomic E-state index is -0.363. The standard InChI is InChI=1S/C9H10ClNO3/c1-14-9-2-5(8(13)4-11)7(12)3-6(9)10/h2-3,12H,4,11H2,1H3. The van der Waals surface area contributed by atoms with Crippen LogP contribution in [-0.4, -0.2) is 24.5 Å². The molecule has 3 N–H and O–H groups in total. The van der Waals surface area contributed by atoms with Crippen molar-refractivity contribution in [3.8, 4) is 11.5 Å². The van der Waals surface area contributed by atoms with E-state index in [2.05, 4.69) is 0 Å². The summed E-state index contributed by atoms with van der Waals surface area (Å²) in [6.45, 7) is -0.168. The minimum Gasteiger partial charge on any atom is -0.507 e. The highest BCUT2D eigenvalue weighted by atomic mass is 35.5. The van der Waals surface area contributed by atoms with Gasteiger partial charge in [-0.3, -0.25) is 4.79 Å². The van der Waals surface area contributed by atoms with Crippen molar-refractivity contribution in [3.05, 3.63) is 22.7 Å². The Balaban J connectivity index is 3.24. The topological polar surface area (TPSA) is 72.5 Å². The lowest BCUT2D eigenvalue weighted by atomic mass is 10.1. The molecule has 14 heavy (non-hydrogen) atoms. The van der Waals surface area contributed by atoms with Crippen LogP contribution in [-0.2, 0) is 0 Å². The fourth-order valence-corrected chi connectivity index (χ4v) is 1.27. The molecule has 0 radical (unpaired) electrons. The molecule has 1 rings (SSSR count). The zero-order valence-corrected chi connectivity index (χ0v) is 8.34. The predicted octanol–water partition coefficient (Wildman–Crippen LogP) is 1.20. The van der Waals surface area contributed by atoms with E-state index in [9.17, 15) is 9.90 Å². The van der Waals surface area contributed by atoms with Gasteiger partial charge in [-0.25, -0.2) is 0 Å².